The van der Waals surface area contributed by atoms with Gasteiger partial charge in [0.2, 0.25) is 0 Å². The summed E-state index contributed by atoms with van der Waals surface area (Å²) in [5.41, 5.74) is 0.137. The molecule has 2 atom stereocenters. The van der Waals surface area contributed by atoms with Gasteiger partial charge < -0.3 is 5.32 Å². The van der Waals surface area contributed by atoms with Gasteiger partial charge in [-0.15, -0.1) is 0 Å². The average Bonchev–Trinajstić information content (AvgIpc) is 2.51. The first-order valence-corrected chi connectivity index (χ1v) is 8.96. The predicted octanol–water partition coefficient (Wildman–Crippen LogP) is 1.03. The molecule has 106 valence electrons. The topological polar surface area (TPSA) is 49.4 Å². The Morgan fingerprint density at radius 3 is 2.83 bits per heavy atom. The maximum Gasteiger partial charge on any atom is 0.151 e. The second-order valence-corrected chi connectivity index (χ2v) is 8.30. The molecule has 0 spiro atoms. The van der Waals surface area contributed by atoms with Crippen molar-refractivity contribution in [2.75, 3.05) is 31.1 Å². The number of sulfone groups is 1. The van der Waals surface area contributed by atoms with Crippen LogP contribution in [-0.4, -0.2) is 56.0 Å². The van der Waals surface area contributed by atoms with Crippen molar-refractivity contribution in [2.45, 2.75) is 51.1 Å². The molecular formula is C13H26N2O2S. The van der Waals surface area contributed by atoms with E-state index in [-0.39, 0.29) is 11.6 Å². The third kappa shape index (κ3) is 3.45. The van der Waals surface area contributed by atoms with E-state index < -0.39 is 9.84 Å². The second kappa shape index (κ2) is 5.47. The third-order valence-corrected chi connectivity index (χ3v) is 6.27. The molecule has 0 aromatic heterocycles. The van der Waals surface area contributed by atoms with Crippen molar-refractivity contribution in [3.63, 3.8) is 0 Å². The van der Waals surface area contributed by atoms with E-state index in [2.05, 4.69) is 24.1 Å². The molecule has 0 bridgehead atoms. The molecule has 2 aliphatic rings. The van der Waals surface area contributed by atoms with Crippen molar-refractivity contribution in [1.82, 2.24) is 10.2 Å². The van der Waals surface area contributed by atoms with Gasteiger partial charge in [-0.1, -0.05) is 6.92 Å². The Kier molecular flexibility index (Phi) is 4.34. The molecule has 0 radical (unpaired) electrons. The molecule has 2 heterocycles. The predicted molar refractivity (Wildman–Crippen MR) is 74.6 cm³/mol. The molecule has 0 aromatic rings. The van der Waals surface area contributed by atoms with Gasteiger partial charge in [0.1, 0.15) is 0 Å². The fraction of sp³-hybridized carbons (Fsp3) is 1.00. The van der Waals surface area contributed by atoms with Crippen LogP contribution in [0.5, 0.6) is 0 Å². The summed E-state index contributed by atoms with van der Waals surface area (Å²) < 4.78 is 23.6. The highest BCUT2D eigenvalue weighted by atomic mass is 32.2. The minimum atomic E-state index is -2.80. The van der Waals surface area contributed by atoms with Crippen LogP contribution in [0.3, 0.4) is 0 Å². The van der Waals surface area contributed by atoms with Crippen LogP contribution in [0, 0.1) is 0 Å². The summed E-state index contributed by atoms with van der Waals surface area (Å²) in [4.78, 5) is 2.42. The summed E-state index contributed by atoms with van der Waals surface area (Å²) in [7, 11) is -2.80. The lowest BCUT2D eigenvalue weighted by molar-refractivity contribution is 0.160. The maximum atomic E-state index is 11.8. The molecule has 2 fully saturated rings. The Bertz CT molecular complexity index is 382. The van der Waals surface area contributed by atoms with Crippen LogP contribution in [-0.2, 0) is 9.84 Å². The SMILES string of the molecule is CCC1(C)CN(C2CCCS(=O)(=O)C2)CCCN1. The Morgan fingerprint density at radius 1 is 1.39 bits per heavy atom. The summed E-state index contributed by atoms with van der Waals surface area (Å²) in [5, 5.41) is 3.61. The van der Waals surface area contributed by atoms with Gasteiger partial charge in [-0.3, -0.25) is 4.90 Å². The van der Waals surface area contributed by atoms with Gasteiger partial charge >= 0.3 is 0 Å². The molecule has 18 heavy (non-hydrogen) atoms. The minimum absolute atomic E-state index is 0.137. The van der Waals surface area contributed by atoms with Gasteiger partial charge in [0.05, 0.1) is 11.5 Å². The maximum absolute atomic E-state index is 11.8. The van der Waals surface area contributed by atoms with E-state index in [9.17, 15) is 8.42 Å². The summed E-state index contributed by atoms with van der Waals surface area (Å²) in [6, 6.07) is 0.245. The van der Waals surface area contributed by atoms with E-state index in [1.54, 1.807) is 0 Å². The lowest BCUT2D eigenvalue weighted by Gasteiger charge is -2.38. The van der Waals surface area contributed by atoms with Crippen LogP contribution in [0.1, 0.15) is 39.5 Å². The van der Waals surface area contributed by atoms with E-state index in [4.69, 9.17) is 0 Å². The molecule has 2 saturated heterocycles. The van der Waals surface area contributed by atoms with Crippen LogP contribution < -0.4 is 5.32 Å². The minimum Gasteiger partial charge on any atom is -0.310 e. The summed E-state index contributed by atoms with van der Waals surface area (Å²) in [5.74, 6) is 0.757. The fourth-order valence-corrected chi connectivity index (χ4v) is 4.83. The molecule has 0 aliphatic carbocycles. The van der Waals surface area contributed by atoms with Crippen molar-refractivity contribution >= 4 is 9.84 Å². The van der Waals surface area contributed by atoms with Crippen molar-refractivity contribution in [3.8, 4) is 0 Å². The van der Waals surface area contributed by atoms with Crippen molar-refractivity contribution in [2.24, 2.45) is 0 Å². The zero-order valence-corrected chi connectivity index (χ0v) is 12.4. The van der Waals surface area contributed by atoms with Crippen molar-refractivity contribution in [3.05, 3.63) is 0 Å². The van der Waals surface area contributed by atoms with Crippen LogP contribution in [0.2, 0.25) is 0 Å². The first-order chi connectivity index (χ1) is 8.44. The van der Waals surface area contributed by atoms with Gasteiger partial charge in [-0.25, -0.2) is 8.42 Å². The standard InChI is InChI=1S/C13H26N2O2S/c1-3-13(2)11-15(8-5-7-14-13)12-6-4-9-18(16,17)10-12/h12,14H,3-11H2,1-2H3. The normalized spacial score (nSPS) is 38.2. The molecule has 0 aromatic carbocycles. The van der Waals surface area contributed by atoms with Gasteiger partial charge in [-0.2, -0.15) is 0 Å². The number of nitrogens with zero attached hydrogens (tertiary/aromatic N) is 1. The van der Waals surface area contributed by atoms with E-state index in [1.165, 1.54) is 0 Å². The van der Waals surface area contributed by atoms with Crippen LogP contribution in [0.15, 0.2) is 0 Å². The fourth-order valence-electron chi connectivity index (χ4n) is 3.09. The Balaban J connectivity index is 2.06. The zero-order chi connectivity index (χ0) is 13.2. The Labute approximate surface area is 111 Å². The van der Waals surface area contributed by atoms with Crippen molar-refractivity contribution < 1.29 is 8.42 Å². The quantitative estimate of drug-likeness (QED) is 0.817. The highest BCUT2D eigenvalue weighted by molar-refractivity contribution is 7.91. The summed E-state index contributed by atoms with van der Waals surface area (Å²) in [6.07, 6.45) is 4.08. The highest BCUT2D eigenvalue weighted by Crippen LogP contribution is 2.23. The van der Waals surface area contributed by atoms with E-state index >= 15 is 0 Å². The molecule has 0 amide bonds. The molecule has 2 aliphatic heterocycles. The summed E-state index contributed by atoms with van der Waals surface area (Å²) in [6.45, 7) is 7.50. The Hall–Kier alpha value is -0.130. The molecule has 2 rings (SSSR count). The molecule has 5 heteroatoms. The number of nitrogens with one attached hydrogen (secondary N) is 1. The molecule has 2 unspecified atom stereocenters. The van der Waals surface area contributed by atoms with Crippen LogP contribution >= 0.6 is 0 Å². The van der Waals surface area contributed by atoms with Crippen LogP contribution in [0.4, 0.5) is 0 Å². The lowest BCUT2D eigenvalue weighted by Crippen LogP contribution is -2.53. The van der Waals surface area contributed by atoms with Crippen molar-refractivity contribution in [1.29, 1.82) is 0 Å². The zero-order valence-electron chi connectivity index (χ0n) is 11.6. The Morgan fingerprint density at radius 2 is 2.17 bits per heavy atom. The van der Waals surface area contributed by atoms with Gasteiger partial charge in [0.25, 0.3) is 0 Å². The van der Waals surface area contributed by atoms with Gasteiger partial charge in [0.15, 0.2) is 9.84 Å². The monoisotopic (exact) mass is 274 g/mol. The summed E-state index contributed by atoms with van der Waals surface area (Å²) >= 11 is 0. The molecule has 1 N–H and O–H groups in total. The molecular weight excluding hydrogens is 248 g/mol. The molecule has 4 nitrogen and oxygen atoms in total. The van der Waals surface area contributed by atoms with Gasteiger partial charge in [-0.05, 0) is 45.7 Å². The van der Waals surface area contributed by atoms with Crippen LogP contribution in [0.25, 0.3) is 0 Å². The largest absolute Gasteiger partial charge is 0.310 e. The number of rotatable bonds is 2. The second-order valence-electron chi connectivity index (χ2n) is 6.08. The first kappa shape index (κ1) is 14.3. The van der Waals surface area contributed by atoms with E-state index in [1.807, 2.05) is 0 Å². The van der Waals surface area contributed by atoms with E-state index in [0.717, 1.165) is 45.3 Å². The number of hydrogen-bond donors (Lipinski definition) is 1. The first-order valence-electron chi connectivity index (χ1n) is 7.14. The molecule has 0 saturated carbocycles. The average molecular weight is 274 g/mol. The highest BCUT2D eigenvalue weighted by Gasteiger charge is 2.34. The van der Waals surface area contributed by atoms with E-state index in [0.29, 0.717) is 11.5 Å². The number of hydrogen-bond acceptors (Lipinski definition) is 4. The smallest absolute Gasteiger partial charge is 0.151 e. The van der Waals surface area contributed by atoms with Gasteiger partial charge in [0, 0.05) is 18.1 Å². The third-order valence-electron chi connectivity index (χ3n) is 4.46. The lowest BCUT2D eigenvalue weighted by atomic mass is 9.97.